The van der Waals surface area contributed by atoms with Crippen LogP contribution in [0, 0.1) is 16.2 Å². The minimum Gasteiger partial charge on any atom is -0.481 e. The predicted molar refractivity (Wildman–Crippen MR) is 185 cm³/mol. The highest BCUT2D eigenvalue weighted by atomic mass is 32.2. The fourth-order valence-electron chi connectivity index (χ4n) is 5.77. The summed E-state index contributed by atoms with van der Waals surface area (Å²) < 4.78 is 0. The van der Waals surface area contributed by atoms with Crippen LogP contribution < -0.4 is 10.6 Å². The zero-order valence-electron chi connectivity index (χ0n) is 24.3. The quantitative estimate of drug-likeness (QED) is 0.122. The lowest BCUT2D eigenvalue weighted by Crippen LogP contribution is -2.20. The van der Waals surface area contributed by atoms with Gasteiger partial charge < -0.3 is 15.7 Å². The van der Waals surface area contributed by atoms with Crippen LogP contribution in [0.4, 0.5) is 0 Å². The molecular formula is C37H29N5O2S. The molecule has 1 saturated heterocycles. The molecule has 6 N–H and O–H groups in total. The molecule has 0 spiro atoms. The molecule has 0 amide bonds. The van der Waals surface area contributed by atoms with E-state index in [1.165, 1.54) is 11.8 Å². The second-order valence-corrected chi connectivity index (χ2v) is 11.4. The topological polar surface area (TPSA) is 133 Å². The number of thioether (sulfide) groups is 1. The molecule has 220 valence electrons. The normalized spacial score (nSPS) is 15.1. The van der Waals surface area contributed by atoms with Crippen molar-refractivity contribution >= 4 is 40.3 Å². The van der Waals surface area contributed by atoms with Crippen molar-refractivity contribution < 1.29 is 9.90 Å². The van der Waals surface area contributed by atoms with Gasteiger partial charge in [0.1, 0.15) is 11.7 Å². The molecule has 0 saturated carbocycles. The zero-order chi connectivity index (χ0) is 31.5. The number of carboxylic acid groups (broad SMARTS) is 1. The number of aliphatic carboxylic acids is 1. The van der Waals surface area contributed by atoms with E-state index in [4.69, 9.17) is 20.7 Å². The first-order valence-electron chi connectivity index (χ1n) is 14.2. The lowest BCUT2D eigenvalue weighted by atomic mass is 9.77. The summed E-state index contributed by atoms with van der Waals surface area (Å²) in [6.45, 7) is 1.08. The lowest BCUT2D eigenvalue weighted by molar-refractivity contribution is -0.134. The maximum absolute atomic E-state index is 9.33. The third kappa shape index (κ3) is 5.67. The molecule has 0 radical (unpaired) electrons. The Balaban J connectivity index is 0.000000845. The smallest absolute Gasteiger partial charge is 0.300 e. The Bertz CT molecular complexity index is 1990. The minimum atomic E-state index is -0.833. The number of fused-ring (bicyclic) bond motifs is 1. The Hall–Kier alpha value is -5.73. The van der Waals surface area contributed by atoms with E-state index in [9.17, 15) is 5.41 Å². The van der Waals surface area contributed by atoms with Crippen LogP contribution in [0.15, 0.2) is 126 Å². The van der Waals surface area contributed by atoms with Gasteiger partial charge in [-0.2, -0.15) is 0 Å². The van der Waals surface area contributed by atoms with Gasteiger partial charge in [-0.3, -0.25) is 21.0 Å². The molecule has 5 aromatic rings. The van der Waals surface area contributed by atoms with Crippen LogP contribution >= 0.6 is 11.8 Å². The first kappa shape index (κ1) is 29.3. The van der Waals surface area contributed by atoms with Crippen LogP contribution in [0.2, 0.25) is 0 Å². The van der Waals surface area contributed by atoms with Gasteiger partial charge >= 0.3 is 0 Å². The summed E-state index contributed by atoms with van der Waals surface area (Å²) in [5.41, 5.74) is 10.6. The average Bonchev–Trinajstić information content (AvgIpc) is 3.58. The molecule has 0 unspecified atom stereocenters. The molecule has 45 heavy (non-hydrogen) atoms. The van der Waals surface area contributed by atoms with E-state index in [1.54, 1.807) is 0 Å². The molecule has 0 atom stereocenters. The van der Waals surface area contributed by atoms with Crippen molar-refractivity contribution in [1.82, 2.24) is 10.6 Å². The zero-order valence-corrected chi connectivity index (χ0v) is 25.1. The molecular weight excluding hydrogens is 579 g/mol. The van der Waals surface area contributed by atoms with E-state index < -0.39 is 5.97 Å². The van der Waals surface area contributed by atoms with Gasteiger partial charge in [-0.05, 0) is 45.1 Å². The molecule has 0 aromatic heterocycles. The maximum atomic E-state index is 9.33. The van der Waals surface area contributed by atoms with Crippen LogP contribution in [0.1, 0.15) is 18.1 Å². The molecule has 1 fully saturated rings. The van der Waals surface area contributed by atoms with Crippen LogP contribution in [0.3, 0.4) is 0 Å². The highest BCUT2D eigenvalue weighted by Crippen LogP contribution is 2.53. The summed E-state index contributed by atoms with van der Waals surface area (Å²) in [7, 11) is 0. The molecule has 2 heterocycles. The van der Waals surface area contributed by atoms with Crippen molar-refractivity contribution in [3.8, 4) is 44.5 Å². The second kappa shape index (κ2) is 12.5. The Morgan fingerprint density at radius 1 is 0.533 bits per heavy atom. The largest absolute Gasteiger partial charge is 0.481 e. The van der Waals surface area contributed by atoms with Gasteiger partial charge in [0.05, 0.1) is 10.6 Å². The first-order valence-corrected chi connectivity index (χ1v) is 15.0. The number of hydrogen-bond acceptors (Lipinski definition) is 5. The Labute approximate surface area is 265 Å². The molecule has 5 aromatic carbocycles. The second-order valence-electron chi connectivity index (χ2n) is 10.4. The number of nitrogens with one attached hydrogen (secondary N) is 5. The number of hydrogen-bond donors (Lipinski definition) is 6. The van der Waals surface area contributed by atoms with Crippen LogP contribution in [-0.4, -0.2) is 27.9 Å². The van der Waals surface area contributed by atoms with Gasteiger partial charge in [-0.25, -0.2) is 0 Å². The van der Waals surface area contributed by atoms with Crippen LogP contribution in [0.5, 0.6) is 0 Å². The first-order chi connectivity index (χ1) is 21.8. The van der Waals surface area contributed by atoms with Crippen molar-refractivity contribution in [2.24, 2.45) is 0 Å². The van der Waals surface area contributed by atoms with E-state index >= 15 is 0 Å². The molecule has 2 aliphatic rings. The summed E-state index contributed by atoms with van der Waals surface area (Å²) in [4.78, 5) is 9.61. The van der Waals surface area contributed by atoms with Crippen molar-refractivity contribution in [2.45, 2.75) is 6.92 Å². The third-order valence-electron chi connectivity index (χ3n) is 7.40. The Morgan fingerprint density at radius 2 is 0.867 bits per heavy atom. The minimum absolute atomic E-state index is 0.164. The summed E-state index contributed by atoms with van der Waals surface area (Å²) in [6.07, 6.45) is 0. The molecule has 2 aliphatic heterocycles. The highest BCUT2D eigenvalue weighted by molar-refractivity contribution is 8.18. The number of carboxylic acids is 1. The van der Waals surface area contributed by atoms with Gasteiger partial charge in [0.2, 0.25) is 0 Å². The SMILES string of the molecule is CC(=O)O.N=C1NC(=N)C(=C2NC(=N)c3c2c(-c2ccccc2)c(-c2ccccc2)c(-c2ccccc2)c3-c2ccccc2)S1. The van der Waals surface area contributed by atoms with Gasteiger partial charge in [-0.1, -0.05) is 121 Å². The molecule has 0 bridgehead atoms. The predicted octanol–water partition coefficient (Wildman–Crippen LogP) is 8.29. The van der Waals surface area contributed by atoms with Gasteiger partial charge in [-0.15, -0.1) is 0 Å². The van der Waals surface area contributed by atoms with E-state index in [2.05, 4.69) is 83.4 Å². The van der Waals surface area contributed by atoms with Crippen molar-refractivity contribution in [3.63, 3.8) is 0 Å². The molecule has 7 rings (SSSR count). The van der Waals surface area contributed by atoms with E-state index in [0.29, 0.717) is 10.6 Å². The monoisotopic (exact) mass is 607 g/mol. The standard InChI is InChI=1S/C35H25N5S.C2H4O2/c36-33-30-28(24-19-11-4-12-20-24)26(22-15-7-2-8-16-22)25(21-13-5-1-6-14-21)27(23-17-9-3-10-18-23)29(30)31(39-33)32-34(37)40-35(38)41-32;1-2(3)4/h1-20H,(H2,36,39)(H3,37,38,40);1H3,(H,3,4). The molecule has 0 aliphatic carbocycles. The fourth-order valence-corrected chi connectivity index (χ4v) is 6.53. The summed E-state index contributed by atoms with van der Waals surface area (Å²) in [6, 6.07) is 41.4. The van der Waals surface area contributed by atoms with E-state index in [-0.39, 0.29) is 16.8 Å². The third-order valence-corrected chi connectivity index (χ3v) is 8.32. The summed E-state index contributed by atoms with van der Waals surface area (Å²) in [5, 5.41) is 40.0. The lowest BCUT2D eigenvalue weighted by Gasteiger charge is -2.25. The van der Waals surface area contributed by atoms with Gasteiger partial charge in [0.15, 0.2) is 5.17 Å². The van der Waals surface area contributed by atoms with Crippen LogP contribution in [-0.2, 0) is 4.79 Å². The highest BCUT2D eigenvalue weighted by Gasteiger charge is 2.38. The Kier molecular flexibility index (Phi) is 8.14. The molecule has 8 heteroatoms. The van der Waals surface area contributed by atoms with Crippen molar-refractivity contribution in [2.75, 3.05) is 0 Å². The molecule has 7 nitrogen and oxygen atoms in total. The van der Waals surface area contributed by atoms with Crippen molar-refractivity contribution in [3.05, 3.63) is 137 Å². The Morgan fingerprint density at radius 3 is 1.20 bits per heavy atom. The number of benzene rings is 5. The summed E-state index contributed by atoms with van der Waals surface area (Å²) in [5.74, 6) is -0.390. The maximum Gasteiger partial charge on any atom is 0.300 e. The van der Waals surface area contributed by atoms with E-state index in [0.717, 1.165) is 62.6 Å². The van der Waals surface area contributed by atoms with Crippen LogP contribution in [0.25, 0.3) is 50.2 Å². The average molecular weight is 608 g/mol. The van der Waals surface area contributed by atoms with Gasteiger partial charge in [0.25, 0.3) is 5.97 Å². The van der Waals surface area contributed by atoms with E-state index in [1.807, 2.05) is 48.5 Å². The van der Waals surface area contributed by atoms with Gasteiger partial charge in [0, 0.05) is 29.2 Å². The number of rotatable bonds is 4. The fraction of sp³-hybridized carbons (Fsp3) is 0.0270. The van der Waals surface area contributed by atoms with Crippen molar-refractivity contribution in [1.29, 1.82) is 16.2 Å². The number of carbonyl (C=O) groups is 1. The number of amidine groups is 3. The summed E-state index contributed by atoms with van der Waals surface area (Å²) >= 11 is 1.21.